The lowest BCUT2D eigenvalue weighted by atomic mass is 10.2. The SMILES string of the molecule is OCc1cc(Br)ccc1NCc1cnc2n1CCC2. The molecule has 0 unspecified atom stereocenters. The molecule has 3 rings (SSSR count). The summed E-state index contributed by atoms with van der Waals surface area (Å²) in [7, 11) is 0. The number of aliphatic hydroxyl groups is 1. The van der Waals surface area contributed by atoms with E-state index in [9.17, 15) is 5.11 Å². The van der Waals surface area contributed by atoms with Crippen molar-refractivity contribution in [2.45, 2.75) is 32.5 Å². The first-order valence-corrected chi connectivity index (χ1v) is 7.23. The highest BCUT2D eigenvalue weighted by Crippen LogP contribution is 2.22. The van der Waals surface area contributed by atoms with E-state index in [1.807, 2.05) is 24.4 Å². The maximum absolute atomic E-state index is 9.38. The zero-order valence-electron chi connectivity index (χ0n) is 10.6. The number of halogens is 1. The Labute approximate surface area is 120 Å². The van der Waals surface area contributed by atoms with E-state index in [2.05, 4.69) is 30.8 Å². The van der Waals surface area contributed by atoms with Crippen molar-refractivity contribution >= 4 is 21.6 Å². The lowest BCUT2D eigenvalue weighted by molar-refractivity contribution is 0.282. The van der Waals surface area contributed by atoms with Crippen LogP contribution in [0.4, 0.5) is 5.69 Å². The van der Waals surface area contributed by atoms with Gasteiger partial charge in [-0.15, -0.1) is 0 Å². The van der Waals surface area contributed by atoms with Gasteiger partial charge in [0.05, 0.1) is 25.0 Å². The highest BCUT2D eigenvalue weighted by Gasteiger charge is 2.15. The molecule has 0 saturated carbocycles. The summed E-state index contributed by atoms with van der Waals surface area (Å²) < 4.78 is 3.26. The monoisotopic (exact) mass is 321 g/mol. The molecule has 0 spiro atoms. The van der Waals surface area contributed by atoms with Crippen LogP contribution in [0.1, 0.15) is 23.5 Å². The molecule has 2 N–H and O–H groups in total. The van der Waals surface area contributed by atoms with Gasteiger partial charge in [-0.1, -0.05) is 15.9 Å². The Morgan fingerprint density at radius 3 is 3.16 bits per heavy atom. The Balaban J connectivity index is 1.75. The minimum atomic E-state index is 0.0340. The van der Waals surface area contributed by atoms with Crippen molar-refractivity contribution in [3.8, 4) is 0 Å². The number of fused-ring (bicyclic) bond motifs is 1. The molecule has 1 aromatic carbocycles. The first kappa shape index (κ1) is 12.7. The van der Waals surface area contributed by atoms with Crippen molar-refractivity contribution in [1.82, 2.24) is 9.55 Å². The minimum absolute atomic E-state index is 0.0340. The van der Waals surface area contributed by atoms with Crippen LogP contribution in [0.3, 0.4) is 0 Å². The van der Waals surface area contributed by atoms with Gasteiger partial charge in [-0.2, -0.15) is 0 Å². The molecule has 0 aliphatic carbocycles. The van der Waals surface area contributed by atoms with Gasteiger partial charge < -0.3 is 15.0 Å². The molecule has 0 bridgehead atoms. The summed E-state index contributed by atoms with van der Waals surface area (Å²) in [5.41, 5.74) is 3.08. The number of aromatic nitrogens is 2. The van der Waals surface area contributed by atoms with Crippen LogP contribution >= 0.6 is 15.9 Å². The fraction of sp³-hybridized carbons (Fsp3) is 0.357. The number of imidazole rings is 1. The van der Waals surface area contributed by atoms with Gasteiger partial charge in [0.15, 0.2) is 0 Å². The highest BCUT2D eigenvalue weighted by molar-refractivity contribution is 9.10. The molecular weight excluding hydrogens is 306 g/mol. The Kier molecular flexibility index (Phi) is 3.57. The summed E-state index contributed by atoms with van der Waals surface area (Å²) in [5.74, 6) is 1.19. The zero-order chi connectivity index (χ0) is 13.2. The van der Waals surface area contributed by atoms with Gasteiger partial charge >= 0.3 is 0 Å². The first-order chi connectivity index (χ1) is 9.28. The Hall–Kier alpha value is -1.33. The lowest BCUT2D eigenvalue weighted by Crippen LogP contribution is -2.07. The molecule has 2 heterocycles. The Morgan fingerprint density at radius 1 is 1.42 bits per heavy atom. The summed E-state index contributed by atoms with van der Waals surface area (Å²) >= 11 is 3.41. The molecule has 0 fully saturated rings. The van der Waals surface area contributed by atoms with Gasteiger partial charge in [0.1, 0.15) is 5.82 Å². The summed E-state index contributed by atoms with van der Waals surface area (Å²) in [4.78, 5) is 4.43. The summed E-state index contributed by atoms with van der Waals surface area (Å²) in [5, 5.41) is 12.8. The van der Waals surface area contributed by atoms with Crippen molar-refractivity contribution in [2.24, 2.45) is 0 Å². The molecule has 1 aliphatic heterocycles. The molecule has 100 valence electrons. The molecule has 1 aromatic heterocycles. The highest BCUT2D eigenvalue weighted by atomic mass is 79.9. The van der Waals surface area contributed by atoms with Crippen LogP contribution in [-0.2, 0) is 26.1 Å². The van der Waals surface area contributed by atoms with Gasteiger partial charge in [0.2, 0.25) is 0 Å². The third kappa shape index (κ3) is 2.53. The summed E-state index contributed by atoms with van der Waals surface area (Å²) in [6.45, 7) is 1.84. The van der Waals surface area contributed by atoms with Crippen molar-refractivity contribution < 1.29 is 5.11 Å². The predicted octanol–water partition coefficient (Wildman–Crippen LogP) is 2.70. The minimum Gasteiger partial charge on any atom is -0.392 e. The van der Waals surface area contributed by atoms with E-state index in [0.29, 0.717) is 0 Å². The molecule has 19 heavy (non-hydrogen) atoms. The van der Waals surface area contributed by atoms with Crippen LogP contribution in [0.15, 0.2) is 28.9 Å². The zero-order valence-corrected chi connectivity index (χ0v) is 12.2. The second kappa shape index (κ2) is 5.35. The second-order valence-electron chi connectivity index (χ2n) is 4.73. The number of hydrogen-bond acceptors (Lipinski definition) is 3. The normalized spacial score (nSPS) is 13.6. The van der Waals surface area contributed by atoms with E-state index in [0.717, 1.165) is 35.2 Å². The van der Waals surface area contributed by atoms with E-state index >= 15 is 0 Å². The first-order valence-electron chi connectivity index (χ1n) is 6.44. The topological polar surface area (TPSA) is 50.1 Å². The molecule has 0 amide bonds. The van der Waals surface area contributed by atoms with Crippen molar-refractivity contribution in [2.75, 3.05) is 5.32 Å². The lowest BCUT2D eigenvalue weighted by Gasteiger charge is -2.12. The van der Waals surface area contributed by atoms with Crippen molar-refractivity contribution in [1.29, 1.82) is 0 Å². The molecule has 2 aromatic rings. The summed E-state index contributed by atoms with van der Waals surface area (Å²) in [6, 6.07) is 5.89. The quantitative estimate of drug-likeness (QED) is 0.910. The van der Waals surface area contributed by atoms with Crippen LogP contribution in [0.5, 0.6) is 0 Å². The number of anilines is 1. The number of benzene rings is 1. The van der Waals surface area contributed by atoms with Crippen molar-refractivity contribution in [3.05, 3.63) is 46.0 Å². The van der Waals surface area contributed by atoms with Gasteiger partial charge in [0, 0.05) is 28.7 Å². The average Bonchev–Trinajstić information content (AvgIpc) is 3.00. The van der Waals surface area contributed by atoms with Gasteiger partial charge in [-0.3, -0.25) is 0 Å². The third-order valence-electron chi connectivity index (χ3n) is 3.50. The van der Waals surface area contributed by atoms with Crippen LogP contribution in [0.25, 0.3) is 0 Å². The van der Waals surface area contributed by atoms with Gasteiger partial charge in [0.25, 0.3) is 0 Å². The standard InChI is InChI=1S/C14H16BrN3O/c15-11-3-4-13(10(6-11)9-19)16-7-12-8-17-14-2-1-5-18(12)14/h3-4,6,8,16,19H,1-2,5,7,9H2. The molecule has 0 radical (unpaired) electrons. The predicted molar refractivity (Wildman–Crippen MR) is 77.9 cm³/mol. The van der Waals surface area contributed by atoms with E-state index in [1.54, 1.807) is 0 Å². The summed E-state index contributed by atoms with van der Waals surface area (Å²) in [6.07, 6.45) is 4.22. The maximum Gasteiger partial charge on any atom is 0.108 e. The average molecular weight is 322 g/mol. The molecular formula is C14H16BrN3O. The smallest absolute Gasteiger partial charge is 0.108 e. The van der Waals surface area contributed by atoms with Crippen LogP contribution in [0, 0.1) is 0 Å². The molecule has 4 nitrogen and oxygen atoms in total. The number of nitrogens with one attached hydrogen (secondary N) is 1. The van der Waals surface area contributed by atoms with E-state index < -0.39 is 0 Å². The van der Waals surface area contributed by atoms with Crippen LogP contribution in [-0.4, -0.2) is 14.7 Å². The van der Waals surface area contributed by atoms with Crippen LogP contribution < -0.4 is 5.32 Å². The van der Waals surface area contributed by atoms with Gasteiger partial charge in [-0.05, 0) is 24.6 Å². The van der Waals surface area contributed by atoms with E-state index in [-0.39, 0.29) is 6.61 Å². The number of nitrogens with zero attached hydrogens (tertiary/aromatic N) is 2. The molecule has 5 heteroatoms. The number of rotatable bonds is 4. The fourth-order valence-electron chi connectivity index (χ4n) is 2.51. The number of aryl methyl sites for hydroxylation is 1. The third-order valence-corrected chi connectivity index (χ3v) is 3.99. The Morgan fingerprint density at radius 2 is 2.32 bits per heavy atom. The second-order valence-corrected chi connectivity index (χ2v) is 5.65. The fourth-order valence-corrected chi connectivity index (χ4v) is 2.92. The maximum atomic E-state index is 9.38. The van der Waals surface area contributed by atoms with Gasteiger partial charge in [-0.25, -0.2) is 4.98 Å². The van der Waals surface area contributed by atoms with E-state index in [1.165, 1.54) is 17.9 Å². The number of aliphatic hydroxyl groups excluding tert-OH is 1. The van der Waals surface area contributed by atoms with Crippen molar-refractivity contribution in [3.63, 3.8) is 0 Å². The van der Waals surface area contributed by atoms with Crippen LogP contribution in [0.2, 0.25) is 0 Å². The molecule has 1 aliphatic rings. The number of hydrogen-bond donors (Lipinski definition) is 2. The molecule has 0 atom stereocenters. The van der Waals surface area contributed by atoms with E-state index in [4.69, 9.17) is 0 Å². The Bertz CT molecular complexity index is 594. The largest absolute Gasteiger partial charge is 0.392 e. The molecule has 0 saturated heterocycles.